The fourth-order valence-corrected chi connectivity index (χ4v) is 3.84. The Morgan fingerprint density at radius 2 is 1.86 bits per heavy atom. The van der Waals surface area contributed by atoms with Gasteiger partial charge in [0.25, 0.3) is 0 Å². The molecule has 4 rings (SSSR count). The van der Waals surface area contributed by atoms with Crippen molar-refractivity contribution in [3.8, 4) is 5.75 Å². The molecule has 5 heteroatoms. The van der Waals surface area contributed by atoms with E-state index >= 15 is 0 Å². The van der Waals surface area contributed by atoms with Gasteiger partial charge in [0, 0.05) is 12.5 Å². The molecule has 1 N–H and O–H groups in total. The van der Waals surface area contributed by atoms with Gasteiger partial charge in [0.15, 0.2) is 0 Å². The summed E-state index contributed by atoms with van der Waals surface area (Å²) < 4.78 is 5.34. The highest BCUT2D eigenvalue weighted by Gasteiger charge is 2.22. The van der Waals surface area contributed by atoms with E-state index in [9.17, 15) is 4.79 Å². The Kier molecular flexibility index (Phi) is 5.95. The summed E-state index contributed by atoms with van der Waals surface area (Å²) in [6.07, 6.45) is 3.29. The van der Waals surface area contributed by atoms with Crippen LogP contribution >= 0.6 is 0 Å². The van der Waals surface area contributed by atoms with Crippen molar-refractivity contribution in [3.63, 3.8) is 0 Å². The van der Waals surface area contributed by atoms with Gasteiger partial charge in [0.05, 0.1) is 17.0 Å². The number of H-pyrrole nitrogens is 1. The van der Waals surface area contributed by atoms with Crippen LogP contribution in [0.15, 0.2) is 48.5 Å². The third kappa shape index (κ3) is 4.85. The molecule has 0 bridgehead atoms. The van der Waals surface area contributed by atoms with Crippen molar-refractivity contribution in [2.24, 2.45) is 5.92 Å². The van der Waals surface area contributed by atoms with Crippen molar-refractivity contribution in [3.05, 3.63) is 59.9 Å². The third-order valence-electron chi connectivity index (χ3n) is 5.71. The van der Waals surface area contributed by atoms with Crippen molar-refractivity contribution in [2.45, 2.75) is 39.0 Å². The zero-order valence-electron chi connectivity index (χ0n) is 17.2. The van der Waals surface area contributed by atoms with Crippen molar-refractivity contribution in [1.82, 2.24) is 14.9 Å². The highest BCUT2D eigenvalue weighted by molar-refractivity contribution is 5.75. The molecular weight excluding hydrogens is 362 g/mol. The minimum atomic E-state index is -0.190. The van der Waals surface area contributed by atoms with Gasteiger partial charge >= 0.3 is 5.97 Å². The average Bonchev–Trinajstić information content (AvgIpc) is 3.18. The summed E-state index contributed by atoms with van der Waals surface area (Å²) in [5.41, 5.74) is 3.47. The van der Waals surface area contributed by atoms with Crippen LogP contribution in [0.3, 0.4) is 0 Å². The van der Waals surface area contributed by atoms with E-state index in [1.54, 1.807) is 0 Å². The number of carbonyl (C=O) groups is 1. The maximum Gasteiger partial charge on any atom is 0.313 e. The Morgan fingerprint density at radius 3 is 2.55 bits per heavy atom. The molecule has 1 aliphatic rings. The predicted molar refractivity (Wildman–Crippen MR) is 115 cm³/mol. The first-order chi connectivity index (χ1) is 14.1. The van der Waals surface area contributed by atoms with Gasteiger partial charge in [-0.1, -0.05) is 38.1 Å². The van der Waals surface area contributed by atoms with Crippen molar-refractivity contribution >= 4 is 17.0 Å². The molecule has 0 unspecified atom stereocenters. The Bertz CT molecular complexity index is 921. The summed E-state index contributed by atoms with van der Waals surface area (Å²) in [4.78, 5) is 22.5. The molecule has 2 aromatic carbocycles. The number of hydrogen-bond acceptors (Lipinski definition) is 4. The fraction of sp³-hybridized carbons (Fsp3) is 0.417. The summed E-state index contributed by atoms with van der Waals surface area (Å²) in [5, 5.41) is 0. The van der Waals surface area contributed by atoms with Crippen molar-refractivity contribution in [1.29, 1.82) is 0 Å². The summed E-state index contributed by atoms with van der Waals surface area (Å²) >= 11 is 0. The highest BCUT2D eigenvalue weighted by atomic mass is 16.5. The normalized spacial score (nSPS) is 15.8. The molecule has 29 heavy (non-hydrogen) atoms. The molecule has 0 amide bonds. The maximum absolute atomic E-state index is 11.7. The quantitative estimate of drug-likeness (QED) is 0.495. The summed E-state index contributed by atoms with van der Waals surface area (Å²) in [6.45, 7) is 6.94. The molecule has 1 aliphatic heterocycles. The van der Waals surface area contributed by atoms with E-state index in [0.717, 1.165) is 55.8 Å². The number of imidazole rings is 1. The number of esters is 1. The largest absolute Gasteiger partial charge is 0.426 e. The molecule has 1 fully saturated rings. The predicted octanol–water partition coefficient (Wildman–Crippen LogP) is 4.55. The second-order valence-electron chi connectivity index (χ2n) is 8.22. The number of nitrogens with one attached hydrogen (secondary N) is 1. The topological polar surface area (TPSA) is 58.2 Å². The van der Waals surface area contributed by atoms with Crippen LogP contribution in [0.5, 0.6) is 5.75 Å². The van der Waals surface area contributed by atoms with Crippen LogP contribution < -0.4 is 4.74 Å². The Morgan fingerprint density at radius 1 is 1.14 bits per heavy atom. The lowest BCUT2D eigenvalue weighted by atomic mass is 9.96. The minimum Gasteiger partial charge on any atom is -0.426 e. The Hall–Kier alpha value is -2.66. The number of fused-ring (bicyclic) bond motifs is 1. The second-order valence-corrected chi connectivity index (χ2v) is 8.22. The molecule has 5 nitrogen and oxygen atoms in total. The smallest absolute Gasteiger partial charge is 0.313 e. The third-order valence-corrected chi connectivity index (χ3v) is 5.71. The van der Waals surface area contributed by atoms with Crippen LogP contribution in [0.2, 0.25) is 0 Å². The molecule has 3 aromatic rings. The first kappa shape index (κ1) is 19.6. The Balaban J connectivity index is 1.25. The van der Waals surface area contributed by atoms with E-state index in [4.69, 9.17) is 9.72 Å². The van der Waals surface area contributed by atoms with Gasteiger partial charge in [-0.15, -0.1) is 0 Å². The van der Waals surface area contributed by atoms with Gasteiger partial charge < -0.3 is 14.6 Å². The van der Waals surface area contributed by atoms with E-state index in [2.05, 4.69) is 34.1 Å². The average molecular weight is 392 g/mol. The summed E-state index contributed by atoms with van der Waals surface area (Å²) in [6, 6.07) is 16.2. The number of nitrogens with zero attached hydrogens (tertiary/aromatic N) is 2. The minimum absolute atomic E-state index is 0.114. The Labute approximate surface area is 172 Å². The number of rotatable bonds is 6. The number of piperidine rings is 1. The van der Waals surface area contributed by atoms with Crippen LogP contribution in [-0.2, 0) is 11.2 Å². The van der Waals surface area contributed by atoms with E-state index < -0.39 is 0 Å². The number of para-hydroxylation sites is 2. The number of likely N-dealkylation sites (tertiary alicyclic amines) is 1. The number of aromatic amines is 1. The zero-order chi connectivity index (χ0) is 20.2. The van der Waals surface area contributed by atoms with Crippen LogP contribution in [0.4, 0.5) is 0 Å². The summed E-state index contributed by atoms with van der Waals surface area (Å²) in [5.74, 6) is 1.98. The van der Waals surface area contributed by atoms with E-state index in [1.165, 1.54) is 5.56 Å². The molecule has 1 aromatic heterocycles. The summed E-state index contributed by atoms with van der Waals surface area (Å²) in [7, 11) is 0. The molecule has 1 saturated heterocycles. The first-order valence-corrected chi connectivity index (χ1v) is 10.6. The number of aromatic nitrogens is 2. The standard InChI is InChI=1S/C24H29N3O2/c1-17(2)24(28)29-20-9-7-18(8-10-20)11-14-27-15-12-19(13-16-27)23-25-21-5-3-4-6-22(21)26-23/h3-10,17,19H,11-16H2,1-2H3,(H,25,26). The fourth-order valence-electron chi connectivity index (χ4n) is 3.84. The molecular formula is C24H29N3O2. The van der Waals surface area contributed by atoms with E-state index in [0.29, 0.717) is 11.7 Å². The zero-order valence-corrected chi connectivity index (χ0v) is 17.2. The number of ether oxygens (including phenoxy) is 1. The van der Waals surface area contributed by atoms with Crippen LogP contribution in [0, 0.1) is 5.92 Å². The lowest BCUT2D eigenvalue weighted by molar-refractivity contribution is -0.137. The molecule has 2 heterocycles. The molecule has 0 spiro atoms. The van der Waals surface area contributed by atoms with E-state index in [1.807, 2.05) is 38.1 Å². The maximum atomic E-state index is 11.7. The molecule has 0 saturated carbocycles. The lowest BCUT2D eigenvalue weighted by Gasteiger charge is -2.31. The van der Waals surface area contributed by atoms with Gasteiger partial charge in [-0.2, -0.15) is 0 Å². The SMILES string of the molecule is CC(C)C(=O)Oc1ccc(CCN2CCC(c3nc4ccccc4[nH]3)CC2)cc1. The van der Waals surface area contributed by atoms with Crippen LogP contribution in [0.1, 0.15) is 44.0 Å². The van der Waals surface area contributed by atoms with Gasteiger partial charge in [-0.05, 0) is 62.2 Å². The van der Waals surface area contributed by atoms with Gasteiger partial charge in [0.2, 0.25) is 0 Å². The van der Waals surface area contributed by atoms with Crippen molar-refractivity contribution in [2.75, 3.05) is 19.6 Å². The molecule has 0 radical (unpaired) electrons. The number of benzene rings is 2. The highest BCUT2D eigenvalue weighted by Crippen LogP contribution is 2.27. The molecule has 0 aliphatic carbocycles. The van der Waals surface area contributed by atoms with Crippen molar-refractivity contribution < 1.29 is 9.53 Å². The van der Waals surface area contributed by atoms with Gasteiger partial charge in [-0.3, -0.25) is 4.79 Å². The first-order valence-electron chi connectivity index (χ1n) is 10.6. The van der Waals surface area contributed by atoms with Crippen LogP contribution in [0.25, 0.3) is 11.0 Å². The van der Waals surface area contributed by atoms with Gasteiger partial charge in [0.1, 0.15) is 11.6 Å². The number of hydrogen-bond donors (Lipinski definition) is 1. The molecule has 152 valence electrons. The molecule has 0 atom stereocenters. The second kappa shape index (κ2) is 8.78. The van der Waals surface area contributed by atoms with Crippen LogP contribution in [-0.4, -0.2) is 40.5 Å². The van der Waals surface area contributed by atoms with Gasteiger partial charge in [-0.25, -0.2) is 4.98 Å². The van der Waals surface area contributed by atoms with E-state index in [-0.39, 0.29) is 11.9 Å². The number of carbonyl (C=O) groups excluding carboxylic acids is 1. The monoisotopic (exact) mass is 391 g/mol. The lowest BCUT2D eigenvalue weighted by Crippen LogP contribution is -2.34.